The Morgan fingerprint density at radius 1 is 1.19 bits per heavy atom. The number of benzene rings is 1. The van der Waals surface area contributed by atoms with Crippen LogP contribution in [0.25, 0.3) is 28.1 Å². The van der Waals surface area contributed by atoms with Crippen molar-refractivity contribution in [2.45, 2.75) is 24.8 Å². The third-order valence-electron chi connectivity index (χ3n) is 4.99. The van der Waals surface area contributed by atoms with E-state index in [4.69, 9.17) is 0 Å². The summed E-state index contributed by atoms with van der Waals surface area (Å²) in [6.45, 7) is 2.58. The van der Waals surface area contributed by atoms with Crippen molar-refractivity contribution >= 4 is 20.9 Å². The molecule has 7 nitrogen and oxygen atoms in total. The third-order valence-corrected chi connectivity index (χ3v) is 6.57. The van der Waals surface area contributed by atoms with E-state index in [1.165, 1.54) is 25.3 Å². The van der Waals surface area contributed by atoms with E-state index < -0.39 is 22.7 Å². The number of hydrogen-bond donors (Lipinski definition) is 1. The Balaban J connectivity index is 1.93. The monoisotopic (exact) mass is 449 g/mol. The number of aromatic nitrogens is 3. The van der Waals surface area contributed by atoms with Gasteiger partial charge in [0.2, 0.25) is 10.0 Å². The van der Waals surface area contributed by atoms with Crippen LogP contribution >= 0.6 is 0 Å². The molecule has 0 aliphatic carbocycles. The fraction of sp³-hybridized carbons (Fsp3) is 0.174. The molecule has 0 spiro atoms. The minimum atomic E-state index is -3.92. The fourth-order valence-corrected chi connectivity index (χ4v) is 4.69. The van der Waals surface area contributed by atoms with E-state index in [0.717, 1.165) is 16.5 Å². The van der Waals surface area contributed by atoms with Crippen molar-refractivity contribution < 1.29 is 12.8 Å². The van der Waals surface area contributed by atoms with E-state index in [-0.39, 0.29) is 4.90 Å². The largest absolute Gasteiger partial charge is 0.291 e. The number of sulfonamides is 1. The van der Waals surface area contributed by atoms with E-state index in [9.17, 15) is 18.1 Å². The molecule has 0 fully saturated rings. The lowest BCUT2D eigenvalue weighted by Gasteiger charge is -2.12. The van der Waals surface area contributed by atoms with Gasteiger partial charge in [0.25, 0.3) is 0 Å². The van der Waals surface area contributed by atoms with Crippen molar-refractivity contribution in [1.29, 1.82) is 5.26 Å². The summed E-state index contributed by atoms with van der Waals surface area (Å²) in [7, 11) is -3.92. The molecule has 3 aromatic heterocycles. The van der Waals surface area contributed by atoms with Crippen molar-refractivity contribution in [2.24, 2.45) is 0 Å². The first-order valence-corrected chi connectivity index (χ1v) is 11.4. The van der Waals surface area contributed by atoms with Crippen molar-refractivity contribution in [3.63, 3.8) is 0 Å². The molecule has 0 aliphatic heterocycles. The Kier molecular flexibility index (Phi) is 5.74. The predicted molar refractivity (Wildman–Crippen MR) is 120 cm³/mol. The highest BCUT2D eigenvalue weighted by atomic mass is 32.2. The van der Waals surface area contributed by atoms with Crippen LogP contribution in [0, 0.1) is 18.3 Å². The lowest BCUT2D eigenvalue weighted by molar-refractivity contribution is 0.423. The second-order valence-electron chi connectivity index (χ2n) is 7.44. The average molecular weight is 450 g/mol. The van der Waals surface area contributed by atoms with Crippen molar-refractivity contribution in [3.8, 4) is 23.3 Å². The number of fused-ring (bicyclic) bond motifs is 1. The number of alkyl halides is 1. The van der Waals surface area contributed by atoms with E-state index in [1.807, 2.05) is 41.8 Å². The molecule has 0 amide bonds. The second-order valence-corrected chi connectivity index (χ2v) is 9.15. The molecule has 0 saturated carbocycles. The van der Waals surface area contributed by atoms with E-state index in [1.54, 1.807) is 12.3 Å². The van der Waals surface area contributed by atoms with Gasteiger partial charge >= 0.3 is 0 Å². The number of rotatable bonds is 6. The van der Waals surface area contributed by atoms with Crippen LogP contribution in [0.3, 0.4) is 0 Å². The summed E-state index contributed by atoms with van der Waals surface area (Å²) in [6, 6.07) is 15.6. The summed E-state index contributed by atoms with van der Waals surface area (Å²) < 4.78 is 41.8. The minimum absolute atomic E-state index is 0.0867. The van der Waals surface area contributed by atoms with Gasteiger partial charge in [0.1, 0.15) is 23.5 Å². The minimum Gasteiger partial charge on any atom is -0.291 e. The first-order chi connectivity index (χ1) is 15.4. The molecule has 9 heteroatoms. The van der Waals surface area contributed by atoms with Crippen LogP contribution in [0.5, 0.6) is 0 Å². The van der Waals surface area contributed by atoms with E-state index >= 15 is 0 Å². The number of hydrogen-bond acceptors (Lipinski definition) is 5. The maximum Gasteiger partial charge on any atom is 0.242 e. The maximum absolute atomic E-state index is 12.8. The lowest BCUT2D eigenvalue weighted by atomic mass is 10.1. The van der Waals surface area contributed by atoms with E-state index in [0.29, 0.717) is 22.8 Å². The molecule has 4 rings (SSSR count). The number of nitrogens with one attached hydrogen (secondary N) is 1. The lowest BCUT2D eigenvalue weighted by Crippen LogP contribution is -2.34. The summed E-state index contributed by atoms with van der Waals surface area (Å²) in [5, 5.41) is 10.7. The number of nitriles is 1. The van der Waals surface area contributed by atoms with Crippen LogP contribution in [0.1, 0.15) is 18.1 Å². The SMILES string of the molecule is Cc1ccc2c(C#N)c(-c3ccc(S(=O)(=O)N[C@@H](C)CF)cn3)n(-c3ccccn3)c2c1. The summed E-state index contributed by atoms with van der Waals surface area (Å²) in [4.78, 5) is 8.71. The second kappa shape index (κ2) is 8.49. The van der Waals surface area contributed by atoms with Gasteiger partial charge in [-0.25, -0.2) is 22.5 Å². The molecule has 32 heavy (non-hydrogen) atoms. The van der Waals surface area contributed by atoms with Crippen LogP contribution in [-0.2, 0) is 10.0 Å². The summed E-state index contributed by atoms with van der Waals surface area (Å²) in [5.74, 6) is 0.608. The van der Waals surface area contributed by atoms with Gasteiger partial charge in [0, 0.05) is 23.8 Å². The Hall–Kier alpha value is -3.61. The average Bonchev–Trinajstić information content (AvgIpc) is 3.12. The normalized spacial score (nSPS) is 12.6. The highest BCUT2D eigenvalue weighted by molar-refractivity contribution is 7.89. The Labute approximate surface area is 185 Å². The van der Waals surface area contributed by atoms with Gasteiger partial charge in [0.15, 0.2) is 0 Å². The van der Waals surface area contributed by atoms with Gasteiger partial charge in [-0.05, 0) is 49.7 Å². The molecule has 4 aromatic rings. The van der Waals surface area contributed by atoms with Gasteiger partial charge in [-0.15, -0.1) is 0 Å². The molecule has 1 aromatic carbocycles. The molecular weight excluding hydrogens is 429 g/mol. The summed E-state index contributed by atoms with van der Waals surface area (Å²) in [6.07, 6.45) is 2.86. The number of halogens is 1. The van der Waals surface area contributed by atoms with Gasteiger partial charge in [0.05, 0.1) is 22.5 Å². The molecule has 0 bridgehead atoms. The van der Waals surface area contributed by atoms with Crippen molar-refractivity contribution in [1.82, 2.24) is 19.3 Å². The number of pyridine rings is 2. The van der Waals surface area contributed by atoms with Gasteiger partial charge < -0.3 is 0 Å². The highest BCUT2D eigenvalue weighted by Gasteiger charge is 2.23. The molecule has 0 aliphatic rings. The van der Waals surface area contributed by atoms with Crippen LogP contribution in [0.15, 0.2) is 65.8 Å². The zero-order valence-corrected chi connectivity index (χ0v) is 18.3. The molecule has 1 N–H and O–H groups in total. The van der Waals surface area contributed by atoms with Crippen LogP contribution in [-0.4, -0.2) is 35.7 Å². The Morgan fingerprint density at radius 2 is 2.00 bits per heavy atom. The highest BCUT2D eigenvalue weighted by Crippen LogP contribution is 2.35. The standard InChI is InChI=1S/C23H20FN5O2S/c1-15-6-8-18-19(13-25)23(29(21(18)11-15)22-5-3-4-10-26-22)20-9-7-17(14-27-20)32(30,31)28-16(2)12-24/h3-11,14,16,28H,12H2,1-2H3/t16-/m0/s1. The molecule has 0 unspecified atom stereocenters. The molecule has 1 atom stereocenters. The Bertz CT molecular complexity index is 1430. The molecule has 0 saturated heterocycles. The quantitative estimate of drug-likeness (QED) is 0.481. The Morgan fingerprint density at radius 3 is 2.62 bits per heavy atom. The number of nitrogens with zero attached hydrogens (tertiary/aromatic N) is 4. The van der Waals surface area contributed by atoms with Crippen molar-refractivity contribution in [2.75, 3.05) is 6.67 Å². The van der Waals surface area contributed by atoms with Crippen LogP contribution < -0.4 is 4.72 Å². The maximum atomic E-state index is 12.8. The van der Waals surface area contributed by atoms with Crippen LogP contribution in [0.4, 0.5) is 4.39 Å². The summed E-state index contributed by atoms with van der Waals surface area (Å²) in [5.41, 5.74) is 3.16. The molecular formula is C23H20FN5O2S. The zero-order chi connectivity index (χ0) is 22.9. The zero-order valence-electron chi connectivity index (χ0n) is 17.4. The third kappa shape index (κ3) is 3.86. The molecule has 3 heterocycles. The first-order valence-electron chi connectivity index (χ1n) is 9.87. The molecule has 0 radical (unpaired) electrons. The van der Waals surface area contributed by atoms with Gasteiger partial charge in [-0.2, -0.15) is 5.26 Å². The summed E-state index contributed by atoms with van der Waals surface area (Å²) >= 11 is 0. The van der Waals surface area contributed by atoms with Gasteiger partial charge in [-0.3, -0.25) is 9.55 Å². The number of aryl methyl sites for hydroxylation is 1. The van der Waals surface area contributed by atoms with Crippen LogP contribution in [0.2, 0.25) is 0 Å². The van der Waals surface area contributed by atoms with Gasteiger partial charge in [-0.1, -0.05) is 18.2 Å². The smallest absolute Gasteiger partial charge is 0.242 e. The predicted octanol–water partition coefficient (Wildman–Crippen LogP) is 3.90. The fourth-order valence-electron chi connectivity index (χ4n) is 3.52. The first kappa shape index (κ1) is 21.6. The molecule has 162 valence electrons. The topological polar surface area (TPSA) is 101 Å². The van der Waals surface area contributed by atoms with E-state index in [2.05, 4.69) is 20.8 Å². The van der Waals surface area contributed by atoms with Crippen molar-refractivity contribution in [3.05, 3.63) is 72.1 Å².